The van der Waals surface area contributed by atoms with Crippen LogP contribution in [0.5, 0.6) is 0 Å². The van der Waals surface area contributed by atoms with Gasteiger partial charge in [0.1, 0.15) is 5.58 Å². The molecule has 4 rings (SSSR count). The topological polar surface area (TPSA) is 13.1 Å². The summed E-state index contributed by atoms with van der Waals surface area (Å²) in [5.41, 5.74) is 3.10. The van der Waals surface area contributed by atoms with Crippen LogP contribution in [0.25, 0.3) is 27.5 Å². The van der Waals surface area contributed by atoms with E-state index in [4.69, 9.17) is 4.42 Å². The van der Waals surface area contributed by atoms with E-state index in [-0.39, 0.29) is 5.58 Å². The maximum absolute atomic E-state index is 14.9. The van der Waals surface area contributed by atoms with Crippen molar-refractivity contribution >= 4 is 27.5 Å². The number of hydrogen-bond acceptors (Lipinski definition) is 1. The lowest BCUT2D eigenvalue weighted by atomic mass is 9.84. The normalized spacial score (nSPS) is 17.6. The van der Waals surface area contributed by atoms with Crippen LogP contribution in [0.1, 0.15) is 63.5 Å². The maximum Gasteiger partial charge on any atom is 0.202 e. The van der Waals surface area contributed by atoms with Crippen molar-refractivity contribution in [1.82, 2.24) is 0 Å². The third kappa shape index (κ3) is 3.18. The first-order chi connectivity index (χ1) is 13.1. The van der Waals surface area contributed by atoms with Gasteiger partial charge in [0, 0.05) is 16.3 Å². The zero-order valence-corrected chi connectivity index (χ0v) is 16.1. The summed E-state index contributed by atoms with van der Waals surface area (Å²) in [5.74, 6) is -0.974. The van der Waals surface area contributed by atoms with Gasteiger partial charge in [0.05, 0.1) is 0 Å². The molecule has 0 aliphatic heterocycles. The summed E-state index contributed by atoms with van der Waals surface area (Å²) >= 11 is 0. The molecule has 0 bridgehead atoms. The van der Waals surface area contributed by atoms with Crippen LogP contribution in [0.2, 0.25) is 0 Å². The predicted molar refractivity (Wildman–Crippen MR) is 108 cm³/mol. The first-order valence-electron chi connectivity index (χ1n) is 10.2. The van der Waals surface area contributed by atoms with Crippen molar-refractivity contribution in [3.05, 3.63) is 53.1 Å². The fourth-order valence-corrected chi connectivity index (χ4v) is 4.43. The van der Waals surface area contributed by atoms with Gasteiger partial charge in [-0.3, -0.25) is 0 Å². The zero-order chi connectivity index (χ0) is 19.0. The van der Waals surface area contributed by atoms with Gasteiger partial charge in [-0.25, -0.2) is 4.39 Å². The number of furan rings is 1. The smallest absolute Gasteiger partial charge is 0.202 e. The molecule has 0 N–H and O–H groups in total. The molecule has 142 valence electrons. The number of benzene rings is 2. The van der Waals surface area contributed by atoms with Crippen molar-refractivity contribution in [1.29, 1.82) is 0 Å². The molecule has 0 amide bonds. The summed E-state index contributed by atoms with van der Waals surface area (Å²) in [4.78, 5) is 0. The quantitative estimate of drug-likeness (QED) is 0.448. The molecule has 1 heterocycles. The van der Waals surface area contributed by atoms with E-state index in [1.165, 1.54) is 12.8 Å². The van der Waals surface area contributed by atoms with Gasteiger partial charge in [0.15, 0.2) is 11.4 Å². The van der Waals surface area contributed by atoms with Gasteiger partial charge in [-0.2, -0.15) is 4.39 Å². The Hall–Kier alpha value is -2.16. The van der Waals surface area contributed by atoms with Gasteiger partial charge in [0.25, 0.3) is 0 Å². The summed E-state index contributed by atoms with van der Waals surface area (Å²) in [5, 5.41) is 1.55. The second-order valence-corrected chi connectivity index (χ2v) is 7.73. The lowest BCUT2D eigenvalue weighted by molar-refractivity contribution is 0.443. The standard InChI is InChI=1S/C24H26F2O/c1-3-6-15-10-12-16(13-11-15)19-14-20-18-9-5-8-17(7-4-2)23(18)27-24(20)22(26)21(19)25/h5,8-9,12,14-15H,3-4,6-7,10-11,13H2,1-2H3. The molecule has 0 spiro atoms. The molecular formula is C24H26F2O. The van der Waals surface area contributed by atoms with Crippen molar-refractivity contribution in [3.8, 4) is 0 Å². The number of allylic oxidation sites excluding steroid dienone is 2. The molecule has 1 nitrogen and oxygen atoms in total. The molecule has 0 radical (unpaired) electrons. The molecule has 3 aromatic rings. The van der Waals surface area contributed by atoms with E-state index < -0.39 is 11.6 Å². The Labute approximate surface area is 159 Å². The molecule has 1 aliphatic rings. The van der Waals surface area contributed by atoms with Crippen LogP contribution in [0.15, 0.2) is 34.8 Å². The molecule has 2 aromatic carbocycles. The maximum atomic E-state index is 14.9. The van der Waals surface area contributed by atoms with Crippen LogP contribution < -0.4 is 0 Å². The number of halogens is 2. The monoisotopic (exact) mass is 368 g/mol. The highest BCUT2D eigenvalue weighted by atomic mass is 19.2. The van der Waals surface area contributed by atoms with Gasteiger partial charge in [-0.05, 0) is 48.8 Å². The van der Waals surface area contributed by atoms with Crippen LogP contribution in [-0.4, -0.2) is 0 Å². The minimum atomic E-state index is -0.863. The van der Waals surface area contributed by atoms with Gasteiger partial charge < -0.3 is 4.42 Å². The average molecular weight is 368 g/mol. The lowest BCUT2D eigenvalue weighted by Crippen LogP contribution is -2.06. The molecular weight excluding hydrogens is 342 g/mol. The first kappa shape index (κ1) is 18.2. The summed E-state index contributed by atoms with van der Waals surface area (Å²) < 4.78 is 35.5. The van der Waals surface area contributed by atoms with Crippen LogP contribution >= 0.6 is 0 Å². The van der Waals surface area contributed by atoms with Crippen LogP contribution in [0.4, 0.5) is 8.78 Å². The molecule has 27 heavy (non-hydrogen) atoms. The highest BCUT2D eigenvalue weighted by Crippen LogP contribution is 2.39. The predicted octanol–water partition coefficient (Wildman–Crippen LogP) is 7.80. The van der Waals surface area contributed by atoms with E-state index >= 15 is 0 Å². The molecule has 0 saturated carbocycles. The van der Waals surface area contributed by atoms with Crippen molar-refractivity contribution < 1.29 is 13.2 Å². The molecule has 1 unspecified atom stereocenters. The molecule has 1 aromatic heterocycles. The highest BCUT2D eigenvalue weighted by molar-refractivity contribution is 6.07. The summed E-state index contributed by atoms with van der Waals surface area (Å²) in [6.07, 6.45) is 9.13. The highest BCUT2D eigenvalue weighted by Gasteiger charge is 2.23. The fourth-order valence-electron chi connectivity index (χ4n) is 4.43. The van der Waals surface area contributed by atoms with Crippen LogP contribution in [0.3, 0.4) is 0 Å². The Balaban J connectivity index is 1.85. The van der Waals surface area contributed by atoms with Gasteiger partial charge >= 0.3 is 0 Å². The van der Waals surface area contributed by atoms with Crippen molar-refractivity contribution in [2.75, 3.05) is 0 Å². The Morgan fingerprint density at radius 1 is 1.04 bits per heavy atom. The number of aryl methyl sites for hydroxylation is 1. The largest absolute Gasteiger partial charge is 0.453 e. The Bertz CT molecular complexity index is 1010. The third-order valence-electron chi connectivity index (χ3n) is 5.83. The molecule has 3 heteroatoms. The molecule has 1 aliphatic carbocycles. The van der Waals surface area contributed by atoms with Crippen molar-refractivity contribution in [2.45, 2.75) is 58.8 Å². The van der Waals surface area contributed by atoms with E-state index in [1.54, 1.807) is 6.07 Å². The van der Waals surface area contributed by atoms with Crippen molar-refractivity contribution in [3.63, 3.8) is 0 Å². The van der Waals surface area contributed by atoms with Gasteiger partial charge in [-0.15, -0.1) is 0 Å². The SMILES string of the molecule is CCCc1cccc2c1oc1c(F)c(F)c(C3=CCC(CCC)CC3)cc12. The third-order valence-corrected chi connectivity index (χ3v) is 5.83. The van der Waals surface area contributed by atoms with Crippen LogP contribution in [-0.2, 0) is 6.42 Å². The average Bonchev–Trinajstić information content (AvgIpc) is 3.06. The Morgan fingerprint density at radius 3 is 2.59 bits per heavy atom. The zero-order valence-electron chi connectivity index (χ0n) is 16.1. The Kier molecular flexibility index (Phi) is 5.03. The Morgan fingerprint density at radius 2 is 1.89 bits per heavy atom. The summed E-state index contributed by atoms with van der Waals surface area (Å²) in [7, 11) is 0. The van der Waals surface area contributed by atoms with Crippen molar-refractivity contribution in [2.24, 2.45) is 5.92 Å². The minimum absolute atomic E-state index is 0.0371. The van der Waals surface area contributed by atoms with E-state index in [1.807, 2.05) is 18.2 Å². The fraction of sp³-hybridized carbons (Fsp3) is 0.417. The first-order valence-corrected chi connectivity index (χ1v) is 10.2. The van der Waals surface area contributed by atoms with Gasteiger partial charge in [0.2, 0.25) is 5.82 Å². The lowest BCUT2D eigenvalue weighted by Gasteiger charge is -2.22. The van der Waals surface area contributed by atoms with Gasteiger partial charge in [-0.1, -0.05) is 57.4 Å². The van der Waals surface area contributed by atoms with Crippen LogP contribution in [0, 0.1) is 17.6 Å². The number of fused-ring (bicyclic) bond motifs is 3. The molecule has 0 saturated heterocycles. The summed E-state index contributed by atoms with van der Waals surface area (Å²) in [6, 6.07) is 7.70. The van der Waals surface area contributed by atoms with E-state index in [0.717, 1.165) is 48.6 Å². The number of para-hydroxylation sites is 1. The van der Waals surface area contributed by atoms with E-state index in [2.05, 4.69) is 19.9 Å². The number of rotatable bonds is 5. The van der Waals surface area contributed by atoms with E-state index in [0.29, 0.717) is 22.5 Å². The minimum Gasteiger partial charge on any atom is -0.453 e. The summed E-state index contributed by atoms with van der Waals surface area (Å²) in [6.45, 7) is 4.29. The molecule has 1 atom stereocenters. The second kappa shape index (κ2) is 7.46. The second-order valence-electron chi connectivity index (χ2n) is 7.73. The van der Waals surface area contributed by atoms with E-state index in [9.17, 15) is 8.78 Å². The number of hydrogen-bond donors (Lipinski definition) is 0. The molecule has 0 fully saturated rings.